The number of anilines is 1. The fourth-order valence-electron chi connectivity index (χ4n) is 3.90. The molecule has 0 radical (unpaired) electrons. The number of nitrogens with one attached hydrogen (secondary N) is 1. The van der Waals surface area contributed by atoms with Gasteiger partial charge in [-0.05, 0) is 42.3 Å². The molecule has 0 fully saturated rings. The van der Waals surface area contributed by atoms with E-state index in [1.807, 2.05) is 67.6 Å². The van der Waals surface area contributed by atoms with Crippen molar-refractivity contribution in [3.05, 3.63) is 78.0 Å². The molecule has 0 aliphatic carbocycles. The molecule has 5 rings (SSSR count). The summed E-state index contributed by atoms with van der Waals surface area (Å²) in [5.41, 5.74) is 3.18. The Morgan fingerprint density at radius 2 is 1.74 bits per heavy atom. The second-order valence-electron chi connectivity index (χ2n) is 7.75. The van der Waals surface area contributed by atoms with Crippen molar-refractivity contribution < 1.29 is 19.0 Å². The Morgan fingerprint density at radius 3 is 2.54 bits per heavy atom. The number of rotatable bonds is 7. The number of benzene rings is 3. The lowest BCUT2D eigenvalue weighted by atomic mass is 10.1. The van der Waals surface area contributed by atoms with Crippen molar-refractivity contribution in [1.82, 2.24) is 9.97 Å². The maximum Gasteiger partial charge on any atom is 0.257 e. The van der Waals surface area contributed by atoms with Gasteiger partial charge in [0.2, 0.25) is 0 Å². The van der Waals surface area contributed by atoms with Crippen molar-refractivity contribution in [3.8, 4) is 23.0 Å². The molecule has 0 unspecified atom stereocenters. The molecule has 0 bridgehead atoms. The van der Waals surface area contributed by atoms with Crippen LogP contribution in [0.1, 0.15) is 22.8 Å². The zero-order chi connectivity index (χ0) is 24.4. The summed E-state index contributed by atoms with van der Waals surface area (Å²) >= 11 is 1.40. The predicted octanol–water partition coefficient (Wildman–Crippen LogP) is 6.47. The molecule has 3 aromatic carbocycles. The molecule has 5 aromatic rings. The van der Waals surface area contributed by atoms with Crippen LogP contribution in [-0.2, 0) is 6.42 Å². The second kappa shape index (κ2) is 9.60. The third-order valence-electron chi connectivity index (χ3n) is 5.66. The first-order valence-corrected chi connectivity index (χ1v) is 11.9. The molecular weight excluding hydrogens is 462 g/mol. The first-order chi connectivity index (χ1) is 17.1. The highest BCUT2D eigenvalue weighted by molar-refractivity contribution is 7.22. The first kappa shape index (κ1) is 22.6. The normalized spacial score (nSPS) is 10.9. The number of thiazole rings is 1. The summed E-state index contributed by atoms with van der Waals surface area (Å²) in [5, 5.41) is 4.28. The van der Waals surface area contributed by atoms with Crippen LogP contribution in [0.2, 0.25) is 0 Å². The van der Waals surface area contributed by atoms with E-state index in [1.54, 1.807) is 20.4 Å². The third-order valence-corrected chi connectivity index (χ3v) is 6.59. The average molecular weight is 486 g/mol. The van der Waals surface area contributed by atoms with E-state index < -0.39 is 0 Å². The minimum absolute atomic E-state index is 0.161. The third kappa shape index (κ3) is 4.48. The van der Waals surface area contributed by atoms with Crippen molar-refractivity contribution in [2.45, 2.75) is 13.3 Å². The van der Waals surface area contributed by atoms with E-state index in [9.17, 15) is 4.79 Å². The van der Waals surface area contributed by atoms with Gasteiger partial charge in [0.05, 0.1) is 30.0 Å². The molecule has 7 nitrogen and oxygen atoms in total. The summed E-state index contributed by atoms with van der Waals surface area (Å²) in [5.74, 6) is 2.33. The molecule has 1 N–H and O–H groups in total. The summed E-state index contributed by atoms with van der Waals surface area (Å²) in [6, 6.07) is 18.7. The van der Waals surface area contributed by atoms with Gasteiger partial charge in [-0.25, -0.2) is 4.98 Å². The molecule has 2 heterocycles. The lowest BCUT2D eigenvalue weighted by molar-refractivity contribution is 0.102. The lowest BCUT2D eigenvalue weighted by Crippen LogP contribution is -2.13. The highest BCUT2D eigenvalue weighted by Gasteiger charge is 2.15. The van der Waals surface area contributed by atoms with Gasteiger partial charge >= 0.3 is 0 Å². The molecule has 176 valence electrons. The van der Waals surface area contributed by atoms with Gasteiger partial charge in [0.15, 0.2) is 16.6 Å². The number of amides is 1. The zero-order valence-electron chi connectivity index (χ0n) is 19.5. The fourth-order valence-corrected chi connectivity index (χ4v) is 4.79. The molecule has 0 saturated carbocycles. The average Bonchev–Trinajstić information content (AvgIpc) is 3.29. The topological polar surface area (TPSA) is 82.6 Å². The summed E-state index contributed by atoms with van der Waals surface area (Å²) in [4.78, 5) is 21.8. The summed E-state index contributed by atoms with van der Waals surface area (Å²) in [7, 11) is 3.18. The van der Waals surface area contributed by atoms with Crippen LogP contribution in [0.4, 0.5) is 5.13 Å². The smallest absolute Gasteiger partial charge is 0.257 e. The highest BCUT2D eigenvalue weighted by atomic mass is 32.1. The Bertz CT molecular complexity index is 1550. The van der Waals surface area contributed by atoms with Crippen molar-refractivity contribution in [2.75, 3.05) is 19.5 Å². The number of fused-ring (bicyclic) bond motifs is 2. The number of carbonyl (C=O) groups is 1. The van der Waals surface area contributed by atoms with Crippen molar-refractivity contribution in [1.29, 1.82) is 0 Å². The molecule has 0 saturated heterocycles. The molecule has 8 heteroatoms. The van der Waals surface area contributed by atoms with E-state index in [4.69, 9.17) is 14.2 Å². The molecule has 0 spiro atoms. The lowest BCUT2D eigenvalue weighted by Gasteiger charge is -2.12. The van der Waals surface area contributed by atoms with E-state index in [2.05, 4.69) is 15.3 Å². The van der Waals surface area contributed by atoms with Crippen LogP contribution in [0.15, 0.2) is 66.9 Å². The van der Waals surface area contributed by atoms with Gasteiger partial charge in [0, 0.05) is 29.3 Å². The van der Waals surface area contributed by atoms with Crippen LogP contribution >= 0.6 is 11.3 Å². The quantitative estimate of drug-likeness (QED) is 0.285. The number of aromatic nitrogens is 2. The van der Waals surface area contributed by atoms with E-state index in [1.165, 1.54) is 11.3 Å². The van der Waals surface area contributed by atoms with E-state index in [-0.39, 0.29) is 5.91 Å². The number of aryl methyl sites for hydroxylation is 1. The van der Waals surface area contributed by atoms with Crippen LogP contribution in [0.25, 0.3) is 21.1 Å². The van der Waals surface area contributed by atoms with Crippen LogP contribution in [0.5, 0.6) is 23.0 Å². The molecule has 0 atom stereocenters. The number of nitrogens with zero attached hydrogens (tertiary/aromatic N) is 2. The van der Waals surface area contributed by atoms with Crippen molar-refractivity contribution in [2.24, 2.45) is 0 Å². The summed E-state index contributed by atoms with van der Waals surface area (Å²) < 4.78 is 17.9. The Morgan fingerprint density at radius 1 is 0.943 bits per heavy atom. The van der Waals surface area contributed by atoms with E-state index >= 15 is 0 Å². The number of ether oxygens (including phenoxy) is 3. The molecular formula is C27H23N3O4S. The molecule has 1 amide bonds. The molecule has 0 aliphatic rings. The standard InChI is InChI=1S/C27H23N3O4S/c1-4-16-7-5-6-8-18(16)26(31)30-27-29-20-10-9-17(13-25(20)35-27)34-22-11-12-28-21-15-24(33-3)23(32-2)14-19(21)22/h5-15H,4H2,1-3H3,(H,29,30,31). The van der Waals surface area contributed by atoms with Gasteiger partial charge in [-0.2, -0.15) is 0 Å². The maximum absolute atomic E-state index is 12.8. The number of methoxy groups -OCH3 is 2. The molecule has 0 aliphatic heterocycles. The molecule has 2 aromatic heterocycles. The molecule has 35 heavy (non-hydrogen) atoms. The SMILES string of the molecule is CCc1ccccc1C(=O)Nc1nc2ccc(Oc3ccnc4cc(OC)c(OC)cc34)cc2s1. The highest BCUT2D eigenvalue weighted by Crippen LogP contribution is 2.38. The van der Waals surface area contributed by atoms with Gasteiger partial charge < -0.3 is 14.2 Å². The fraction of sp³-hybridized carbons (Fsp3) is 0.148. The minimum atomic E-state index is -0.161. The second-order valence-corrected chi connectivity index (χ2v) is 8.78. The van der Waals surface area contributed by atoms with Gasteiger partial charge in [-0.1, -0.05) is 36.5 Å². The first-order valence-electron chi connectivity index (χ1n) is 11.1. The Kier molecular flexibility index (Phi) is 6.20. The van der Waals surface area contributed by atoms with Gasteiger partial charge in [0.25, 0.3) is 5.91 Å². The van der Waals surface area contributed by atoms with Gasteiger partial charge in [0.1, 0.15) is 11.5 Å². The Hall–Kier alpha value is -4.17. The predicted molar refractivity (Wildman–Crippen MR) is 138 cm³/mol. The van der Waals surface area contributed by atoms with Gasteiger partial charge in [-0.15, -0.1) is 0 Å². The Labute approximate surface area is 206 Å². The zero-order valence-corrected chi connectivity index (χ0v) is 20.3. The van der Waals surface area contributed by atoms with Crippen molar-refractivity contribution >= 4 is 43.5 Å². The number of hydrogen-bond donors (Lipinski definition) is 1. The minimum Gasteiger partial charge on any atom is -0.493 e. The summed E-state index contributed by atoms with van der Waals surface area (Å²) in [6.07, 6.45) is 2.48. The van der Waals surface area contributed by atoms with Crippen LogP contribution in [-0.4, -0.2) is 30.1 Å². The van der Waals surface area contributed by atoms with Gasteiger partial charge in [-0.3, -0.25) is 15.1 Å². The maximum atomic E-state index is 12.8. The number of pyridine rings is 1. The number of hydrogen-bond acceptors (Lipinski definition) is 7. The van der Waals surface area contributed by atoms with Crippen LogP contribution in [0, 0.1) is 0 Å². The van der Waals surface area contributed by atoms with Crippen LogP contribution in [0.3, 0.4) is 0 Å². The van der Waals surface area contributed by atoms with Crippen molar-refractivity contribution in [3.63, 3.8) is 0 Å². The summed E-state index contributed by atoms with van der Waals surface area (Å²) in [6.45, 7) is 2.03. The van der Waals surface area contributed by atoms with E-state index in [0.717, 1.165) is 33.1 Å². The largest absolute Gasteiger partial charge is 0.493 e. The number of carbonyl (C=O) groups excluding carboxylic acids is 1. The van der Waals surface area contributed by atoms with E-state index in [0.29, 0.717) is 33.7 Å². The monoisotopic (exact) mass is 485 g/mol. The van der Waals surface area contributed by atoms with Crippen LogP contribution < -0.4 is 19.5 Å². The Balaban J connectivity index is 1.42.